The van der Waals surface area contributed by atoms with Gasteiger partial charge in [-0.15, -0.1) is 0 Å². The number of hydrogen-bond donors (Lipinski definition) is 1. The van der Waals surface area contributed by atoms with Crippen LogP contribution in [0.5, 0.6) is 5.75 Å². The van der Waals surface area contributed by atoms with Crippen LogP contribution in [-0.4, -0.2) is 18.4 Å². The summed E-state index contributed by atoms with van der Waals surface area (Å²) in [4.78, 5) is 11.5. The number of hydrogen-bond acceptors (Lipinski definition) is 3. The summed E-state index contributed by atoms with van der Waals surface area (Å²) in [5.41, 5.74) is 6.01. The summed E-state index contributed by atoms with van der Waals surface area (Å²) >= 11 is 0. The van der Waals surface area contributed by atoms with E-state index in [1.54, 1.807) is 12.1 Å². The average Bonchev–Trinajstić information content (AvgIpc) is 2.18. The number of ketones is 1. The van der Waals surface area contributed by atoms with Crippen LogP contribution < -0.4 is 10.5 Å². The van der Waals surface area contributed by atoms with Gasteiger partial charge in [0.1, 0.15) is 5.75 Å². The first-order valence-electron chi connectivity index (χ1n) is 5.13. The summed E-state index contributed by atoms with van der Waals surface area (Å²) in [7, 11) is 0. The predicted octanol–water partition coefficient (Wildman–Crippen LogP) is 2.01. The maximum atomic E-state index is 11.5. The number of ether oxygens (including phenoxy) is 1. The first-order chi connectivity index (χ1) is 7.13. The highest BCUT2D eigenvalue weighted by Gasteiger charge is 2.04. The van der Waals surface area contributed by atoms with Gasteiger partial charge in [-0.3, -0.25) is 4.79 Å². The molecule has 0 heterocycles. The van der Waals surface area contributed by atoms with Crippen molar-refractivity contribution in [2.24, 2.45) is 5.73 Å². The summed E-state index contributed by atoms with van der Waals surface area (Å²) in [6, 6.07) is 7.17. The molecule has 0 aliphatic heterocycles. The van der Waals surface area contributed by atoms with Gasteiger partial charge in [0, 0.05) is 12.0 Å². The third-order valence-corrected chi connectivity index (χ3v) is 1.92. The Hall–Kier alpha value is -1.35. The van der Waals surface area contributed by atoms with Crippen LogP contribution in [0.3, 0.4) is 0 Å². The molecule has 0 spiro atoms. The molecule has 0 amide bonds. The summed E-state index contributed by atoms with van der Waals surface area (Å²) in [5.74, 6) is 0.864. The second-order valence-corrected chi connectivity index (χ2v) is 3.65. The van der Waals surface area contributed by atoms with Crippen LogP contribution >= 0.6 is 0 Å². The molecule has 1 rings (SSSR count). The number of Topliss-reactive ketones (excluding diaryl/α,β-unsaturated/α-hetero) is 1. The van der Waals surface area contributed by atoms with Gasteiger partial charge >= 0.3 is 0 Å². The highest BCUT2D eigenvalue weighted by molar-refractivity contribution is 5.96. The van der Waals surface area contributed by atoms with Crippen molar-refractivity contribution in [3.63, 3.8) is 0 Å². The Morgan fingerprint density at radius 1 is 1.33 bits per heavy atom. The minimum absolute atomic E-state index is 0.0774. The topological polar surface area (TPSA) is 52.3 Å². The van der Waals surface area contributed by atoms with Crippen molar-refractivity contribution in [1.82, 2.24) is 0 Å². The fraction of sp³-hybridized carbons (Fsp3) is 0.417. The molecule has 0 saturated carbocycles. The Balaban J connectivity index is 2.67. The monoisotopic (exact) mass is 207 g/mol. The Kier molecular flexibility index (Phi) is 4.31. The lowest BCUT2D eigenvalue weighted by atomic mass is 10.1. The molecule has 0 aliphatic rings. The zero-order chi connectivity index (χ0) is 11.3. The highest BCUT2D eigenvalue weighted by Crippen LogP contribution is 2.14. The summed E-state index contributed by atoms with van der Waals surface area (Å²) in [5, 5.41) is 0. The van der Waals surface area contributed by atoms with Crippen LogP contribution in [0.15, 0.2) is 24.3 Å². The molecule has 0 bridgehead atoms. The molecule has 2 N–H and O–H groups in total. The summed E-state index contributed by atoms with van der Waals surface area (Å²) in [6.07, 6.45) is 0.542. The van der Waals surface area contributed by atoms with Crippen molar-refractivity contribution in [3.8, 4) is 5.75 Å². The fourth-order valence-corrected chi connectivity index (χ4v) is 1.27. The second kappa shape index (κ2) is 5.51. The van der Waals surface area contributed by atoms with E-state index in [1.807, 2.05) is 26.0 Å². The minimum Gasteiger partial charge on any atom is -0.491 e. The van der Waals surface area contributed by atoms with E-state index in [2.05, 4.69) is 0 Å². The summed E-state index contributed by atoms with van der Waals surface area (Å²) < 4.78 is 5.47. The summed E-state index contributed by atoms with van der Waals surface area (Å²) in [6.45, 7) is 4.32. The highest BCUT2D eigenvalue weighted by atomic mass is 16.5. The third-order valence-electron chi connectivity index (χ3n) is 1.92. The number of nitrogens with two attached hydrogens (primary N) is 1. The van der Waals surface area contributed by atoms with Gasteiger partial charge in [0.15, 0.2) is 5.78 Å². The lowest BCUT2D eigenvalue weighted by Gasteiger charge is -2.09. The van der Waals surface area contributed by atoms with Crippen molar-refractivity contribution in [3.05, 3.63) is 29.8 Å². The van der Waals surface area contributed by atoms with Crippen molar-refractivity contribution in [2.45, 2.75) is 26.4 Å². The van der Waals surface area contributed by atoms with E-state index in [4.69, 9.17) is 10.5 Å². The van der Waals surface area contributed by atoms with Crippen molar-refractivity contribution in [1.29, 1.82) is 0 Å². The maximum absolute atomic E-state index is 11.5. The first kappa shape index (κ1) is 11.7. The number of carbonyl (C=O) groups is 1. The molecule has 1 aromatic rings. The third kappa shape index (κ3) is 3.72. The Labute approximate surface area is 90.2 Å². The van der Waals surface area contributed by atoms with Gasteiger partial charge in [-0.2, -0.15) is 0 Å². The van der Waals surface area contributed by atoms with Crippen molar-refractivity contribution in [2.75, 3.05) is 6.54 Å². The van der Waals surface area contributed by atoms with Gasteiger partial charge < -0.3 is 10.5 Å². The van der Waals surface area contributed by atoms with Crippen LogP contribution in [0.25, 0.3) is 0 Å². The van der Waals surface area contributed by atoms with E-state index in [-0.39, 0.29) is 11.9 Å². The SMILES string of the molecule is CC(C)Oc1ccc(C(=O)CCN)cc1. The molecule has 1 aromatic carbocycles. The standard InChI is InChI=1S/C12H17NO2/c1-9(2)15-11-5-3-10(4-6-11)12(14)7-8-13/h3-6,9H,7-8,13H2,1-2H3. The molecule has 3 heteroatoms. The van der Waals surface area contributed by atoms with E-state index < -0.39 is 0 Å². The molecule has 0 aliphatic carbocycles. The molecule has 0 unspecified atom stereocenters. The zero-order valence-corrected chi connectivity index (χ0v) is 9.19. The molecular weight excluding hydrogens is 190 g/mol. The van der Waals surface area contributed by atoms with Gasteiger partial charge in [0.25, 0.3) is 0 Å². The Morgan fingerprint density at radius 3 is 2.40 bits per heavy atom. The van der Waals surface area contributed by atoms with E-state index in [0.717, 1.165) is 5.75 Å². The van der Waals surface area contributed by atoms with Gasteiger partial charge in [0.05, 0.1) is 6.10 Å². The largest absolute Gasteiger partial charge is 0.491 e. The number of rotatable bonds is 5. The molecule has 0 aromatic heterocycles. The average molecular weight is 207 g/mol. The van der Waals surface area contributed by atoms with Gasteiger partial charge in [0.2, 0.25) is 0 Å². The maximum Gasteiger partial charge on any atom is 0.164 e. The van der Waals surface area contributed by atoms with Crippen LogP contribution in [-0.2, 0) is 0 Å². The van der Waals surface area contributed by atoms with Crippen LogP contribution in [0.2, 0.25) is 0 Å². The molecule has 0 atom stereocenters. The minimum atomic E-state index is 0.0774. The van der Waals surface area contributed by atoms with Gasteiger partial charge in [-0.1, -0.05) is 0 Å². The molecule has 3 nitrogen and oxygen atoms in total. The predicted molar refractivity (Wildman–Crippen MR) is 60.2 cm³/mol. The van der Waals surface area contributed by atoms with Crippen LogP contribution in [0.4, 0.5) is 0 Å². The second-order valence-electron chi connectivity index (χ2n) is 3.65. The smallest absolute Gasteiger partial charge is 0.164 e. The molecular formula is C12H17NO2. The van der Waals surface area contributed by atoms with E-state index >= 15 is 0 Å². The lowest BCUT2D eigenvalue weighted by molar-refractivity contribution is 0.0985. The molecule has 0 fully saturated rings. The quantitative estimate of drug-likeness (QED) is 0.751. The normalized spacial score (nSPS) is 10.4. The zero-order valence-electron chi connectivity index (χ0n) is 9.19. The van der Waals surface area contributed by atoms with Crippen molar-refractivity contribution >= 4 is 5.78 Å². The number of carbonyl (C=O) groups excluding carboxylic acids is 1. The van der Waals surface area contributed by atoms with Crippen LogP contribution in [0, 0.1) is 0 Å². The molecule has 82 valence electrons. The molecule has 0 radical (unpaired) electrons. The number of benzene rings is 1. The van der Waals surface area contributed by atoms with E-state index in [1.165, 1.54) is 0 Å². The first-order valence-corrected chi connectivity index (χ1v) is 5.13. The van der Waals surface area contributed by atoms with Gasteiger partial charge in [-0.05, 0) is 44.7 Å². The van der Waals surface area contributed by atoms with E-state index in [9.17, 15) is 4.79 Å². The van der Waals surface area contributed by atoms with Gasteiger partial charge in [-0.25, -0.2) is 0 Å². The Bertz CT molecular complexity index is 317. The van der Waals surface area contributed by atoms with Crippen LogP contribution in [0.1, 0.15) is 30.6 Å². The molecule has 0 saturated heterocycles. The Morgan fingerprint density at radius 2 is 1.93 bits per heavy atom. The lowest BCUT2D eigenvalue weighted by Crippen LogP contribution is -2.08. The van der Waals surface area contributed by atoms with Crippen molar-refractivity contribution < 1.29 is 9.53 Å². The fourth-order valence-electron chi connectivity index (χ4n) is 1.27. The molecule has 15 heavy (non-hydrogen) atoms. The van der Waals surface area contributed by atoms with E-state index in [0.29, 0.717) is 18.5 Å².